The van der Waals surface area contributed by atoms with Crippen LogP contribution in [0.4, 0.5) is 4.39 Å². The van der Waals surface area contributed by atoms with Crippen LogP contribution in [0.1, 0.15) is 24.1 Å². The van der Waals surface area contributed by atoms with Crippen molar-refractivity contribution in [2.24, 2.45) is 0 Å². The molecule has 2 nitrogen and oxygen atoms in total. The topological polar surface area (TPSA) is 21.3 Å². The number of benzene rings is 2. The SMILES string of the molecule is COc1ccc([C@H](C)NCc2cccc(Cl)c2F)cc1. The third-order valence-corrected chi connectivity index (χ3v) is 3.54. The van der Waals surface area contributed by atoms with E-state index in [9.17, 15) is 4.39 Å². The van der Waals surface area contributed by atoms with E-state index in [1.165, 1.54) is 0 Å². The van der Waals surface area contributed by atoms with Gasteiger partial charge in [0.25, 0.3) is 0 Å². The lowest BCUT2D eigenvalue weighted by atomic mass is 10.1. The first-order valence-corrected chi connectivity index (χ1v) is 6.80. The van der Waals surface area contributed by atoms with Crippen molar-refractivity contribution in [1.82, 2.24) is 5.32 Å². The lowest BCUT2D eigenvalue weighted by molar-refractivity contribution is 0.414. The molecular formula is C16H17ClFNO. The van der Waals surface area contributed by atoms with Crippen molar-refractivity contribution in [2.45, 2.75) is 19.5 Å². The molecule has 2 rings (SSSR count). The predicted molar refractivity (Wildman–Crippen MR) is 79.7 cm³/mol. The van der Waals surface area contributed by atoms with Crippen LogP contribution in [0, 0.1) is 5.82 Å². The summed E-state index contributed by atoms with van der Waals surface area (Å²) in [5.41, 5.74) is 1.69. The Morgan fingerprint density at radius 3 is 2.55 bits per heavy atom. The van der Waals surface area contributed by atoms with Crippen LogP contribution in [0.25, 0.3) is 0 Å². The summed E-state index contributed by atoms with van der Waals surface area (Å²) >= 11 is 5.76. The maximum atomic E-state index is 13.8. The summed E-state index contributed by atoms with van der Waals surface area (Å²) in [6.07, 6.45) is 0. The highest BCUT2D eigenvalue weighted by Crippen LogP contribution is 2.20. The maximum absolute atomic E-state index is 13.8. The summed E-state index contributed by atoms with van der Waals surface area (Å²) in [5, 5.41) is 3.44. The van der Waals surface area contributed by atoms with Gasteiger partial charge in [-0.1, -0.05) is 35.9 Å². The van der Waals surface area contributed by atoms with Crippen molar-refractivity contribution in [3.63, 3.8) is 0 Å². The van der Waals surface area contributed by atoms with E-state index in [2.05, 4.69) is 5.32 Å². The molecule has 0 heterocycles. The van der Waals surface area contributed by atoms with E-state index in [0.29, 0.717) is 12.1 Å². The van der Waals surface area contributed by atoms with Crippen LogP contribution in [-0.2, 0) is 6.54 Å². The van der Waals surface area contributed by atoms with Crippen LogP contribution >= 0.6 is 11.6 Å². The molecule has 0 aliphatic rings. The van der Waals surface area contributed by atoms with Crippen LogP contribution in [0.2, 0.25) is 5.02 Å². The van der Waals surface area contributed by atoms with Gasteiger partial charge in [0.15, 0.2) is 0 Å². The summed E-state index contributed by atoms with van der Waals surface area (Å²) in [6, 6.07) is 12.9. The zero-order chi connectivity index (χ0) is 14.5. The summed E-state index contributed by atoms with van der Waals surface area (Å²) in [5.74, 6) is 0.463. The van der Waals surface area contributed by atoms with Gasteiger partial charge in [0.2, 0.25) is 0 Å². The molecular weight excluding hydrogens is 277 g/mol. The van der Waals surface area contributed by atoms with E-state index in [-0.39, 0.29) is 16.9 Å². The molecule has 1 atom stereocenters. The Morgan fingerprint density at radius 1 is 1.20 bits per heavy atom. The van der Waals surface area contributed by atoms with Crippen molar-refractivity contribution in [3.8, 4) is 5.75 Å². The average Bonchev–Trinajstić information content (AvgIpc) is 2.48. The molecule has 0 aliphatic carbocycles. The molecule has 4 heteroatoms. The molecule has 106 valence electrons. The molecule has 0 fully saturated rings. The minimum Gasteiger partial charge on any atom is -0.497 e. The Bertz CT molecular complexity index is 571. The molecule has 0 amide bonds. The molecule has 20 heavy (non-hydrogen) atoms. The predicted octanol–water partition coefficient (Wildman–Crippen LogP) is 4.34. The van der Waals surface area contributed by atoms with Crippen molar-refractivity contribution < 1.29 is 9.13 Å². The van der Waals surface area contributed by atoms with E-state index in [1.807, 2.05) is 31.2 Å². The third kappa shape index (κ3) is 3.50. The van der Waals surface area contributed by atoms with Crippen molar-refractivity contribution in [3.05, 3.63) is 64.4 Å². The average molecular weight is 294 g/mol. The normalized spacial score (nSPS) is 12.2. The van der Waals surface area contributed by atoms with E-state index >= 15 is 0 Å². The number of halogens is 2. The van der Waals surface area contributed by atoms with Gasteiger partial charge >= 0.3 is 0 Å². The van der Waals surface area contributed by atoms with E-state index in [4.69, 9.17) is 16.3 Å². The van der Waals surface area contributed by atoms with E-state index in [1.54, 1.807) is 25.3 Å². The van der Waals surface area contributed by atoms with E-state index < -0.39 is 0 Å². The molecule has 2 aromatic carbocycles. The van der Waals surface area contributed by atoms with Crippen LogP contribution in [-0.4, -0.2) is 7.11 Å². The number of methoxy groups -OCH3 is 1. The van der Waals surface area contributed by atoms with Gasteiger partial charge in [-0.15, -0.1) is 0 Å². The van der Waals surface area contributed by atoms with Gasteiger partial charge in [-0.05, 0) is 30.7 Å². The molecule has 0 bridgehead atoms. The van der Waals surface area contributed by atoms with Crippen molar-refractivity contribution in [1.29, 1.82) is 0 Å². The number of hydrogen-bond acceptors (Lipinski definition) is 2. The van der Waals surface area contributed by atoms with Crippen molar-refractivity contribution >= 4 is 11.6 Å². The Hall–Kier alpha value is -1.58. The third-order valence-electron chi connectivity index (χ3n) is 3.25. The standard InChI is InChI=1S/C16H17ClFNO/c1-11(12-6-8-14(20-2)9-7-12)19-10-13-4-3-5-15(17)16(13)18/h3-9,11,19H,10H2,1-2H3/t11-/m0/s1. The summed E-state index contributed by atoms with van der Waals surface area (Å²) in [4.78, 5) is 0. The largest absolute Gasteiger partial charge is 0.497 e. The molecule has 0 aliphatic heterocycles. The molecule has 1 N–H and O–H groups in total. The summed E-state index contributed by atoms with van der Waals surface area (Å²) in [7, 11) is 1.64. The lowest BCUT2D eigenvalue weighted by Gasteiger charge is -2.15. The first-order chi connectivity index (χ1) is 9.61. The molecule has 0 radical (unpaired) electrons. The smallest absolute Gasteiger partial charge is 0.146 e. The van der Waals surface area contributed by atoms with Gasteiger partial charge < -0.3 is 10.1 Å². The fourth-order valence-corrected chi connectivity index (χ4v) is 2.15. The van der Waals surface area contributed by atoms with Gasteiger partial charge in [-0.25, -0.2) is 4.39 Å². The Balaban J connectivity index is 2.00. The lowest BCUT2D eigenvalue weighted by Crippen LogP contribution is -2.18. The monoisotopic (exact) mass is 293 g/mol. The highest BCUT2D eigenvalue weighted by atomic mass is 35.5. The van der Waals surface area contributed by atoms with Crippen LogP contribution in [0.15, 0.2) is 42.5 Å². The summed E-state index contributed by atoms with van der Waals surface area (Å²) in [6.45, 7) is 2.46. The Labute approximate surface area is 123 Å². The quantitative estimate of drug-likeness (QED) is 0.885. The highest BCUT2D eigenvalue weighted by molar-refractivity contribution is 6.30. The Morgan fingerprint density at radius 2 is 1.90 bits per heavy atom. The fourth-order valence-electron chi connectivity index (χ4n) is 1.96. The molecule has 0 saturated heterocycles. The number of nitrogens with one attached hydrogen (secondary N) is 1. The summed E-state index contributed by atoms with van der Waals surface area (Å²) < 4.78 is 18.9. The molecule has 0 aromatic heterocycles. The van der Waals surface area contributed by atoms with Crippen molar-refractivity contribution in [2.75, 3.05) is 7.11 Å². The van der Waals surface area contributed by atoms with Gasteiger partial charge in [0.1, 0.15) is 11.6 Å². The van der Waals surface area contributed by atoms with E-state index in [0.717, 1.165) is 11.3 Å². The van der Waals surface area contributed by atoms with Gasteiger partial charge in [-0.3, -0.25) is 0 Å². The maximum Gasteiger partial charge on any atom is 0.146 e. The van der Waals surface area contributed by atoms with Crippen LogP contribution < -0.4 is 10.1 Å². The first kappa shape index (κ1) is 14.8. The van der Waals surface area contributed by atoms with Gasteiger partial charge in [0.05, 0.1) is 12.1 Å². The first-order valence-electron chi connectivity index (χ1n) is 6.42. The second-order valence-corrected chi connectivity index (χ2v) is 5.00. The molecule has 0 saturated carbocycles. The highest BCUT2D eigenvalue weighted by Gasteiger charge is 2.09. The number of rotatable bonds is 5. The zero-order valence-corrected chi connectivity index (χ0v) is 12.2. The zero-order valence-electron chi connectivity index (χ0n) is 11.5. The number of ether oxygens (including phenoxy) is 1. The second-order valence-electron chi connectivity index (χ2n) is 4.59. The molecule has 0 unspecified atom stereocenters. The van der Waals surface area contributed by atoms with Gasteiger partial charge in [-0.2, -0.15) is 0 Å². The minimum atomic E-state index is -0.358. The second kappa shape index (κ2) is 6.73. The number of hydrogen-bond donors (Lipinski definition) is 1. The van der Waals surface area contributed by atoms with Crippen LogP contribution in [0.5, 0.6) is 5.75 Å². The molecule has 2 aromatic rings. The van der Waals surface area contributed by atoms with Gasteiger partial charge in [0, 0.05) is 18.2 Å². The van der Waals surface area contributed by atoms with Crippen LogP contribution in [0.3, 0.4) is 0 Å². The minimum absolute atomic E-state index is 0.110. The fraction of sp³-hybridized carbons (Fsp3) is 0.250. The Kier molecular flexibility index (Phi) is 4.99. The molecule has 0 spiro atoms.